The number of hydrogen-bond acceptors (Lipinski definition) is 6. The molecule has 3 saturated heterocycles. The summed E-state index contributed by atoms with van der Waals surface area (Å²) >= 11 is 2.02. The zero-order valence-corrected chi connectivity index (χ0v) is 18.2. The number of aliphatic hydroxyl groups excluding tert-OH is 1. The summed E-state index contributed by atoms with van der Waals surface area (Å²) < 4.78 is 13.9. The van der Waals surface area contributed by atoms with Crippen LogP contribution in [0, 0.1) is 0 Å². The van der Waals surface area contributed by atoms with Gasteiger partial charge in [0, 0.05) is 5.56 Å². The number of methoxy groups -OCH3 is 1. The summed E-state index contributed by atoms with van der Waals surface area (Å²) in [5.41, 5.74) is 0.0131. The van der Waals surface area contributed by atoms with Crippen molar-refractivity contribution < 1.29 is 14.6 Å². The average Bonchev–Trinajstić information content (AvgIpc) is 3.32. The molecule has 1 saturated carbocycles. The van der Waals surface area contributed by atoms with Crippen LogP contribution < -0.4 is 4.74 Å². The monoisotopic (exact) mass is 415 g/mol. The fourth-order valence-electron chi connectivity index (χ4n) is 5.45. The predicted octanol–water partition coefficient (Wildman–Crippen LogP) is 3.59. The molecule has 1 aromatic heterocycles. The Kier molecular flexibility index (Phi) is 4.50. The van der Waals surface area contributed by atoms with Crippen molar-refractivity contribution in [1.29, 1.82) is 0 Å². The van der Waals surface area contributed by atoms with Crippen LogP contribution in [-0.2, 0) is 10.2 Å². The normalized spacial score (nSPS) is 30.9. The summed E-state index contributed by atoms with van der Waals surface area (Å²) in [5.74, 6) is 4.95. The summed E-state index contributed by atoms with van der Waals surface area (Å²) in [6.45, 7) is 4.35. The number of rotatable bonds is 5. The number of benzene rings is 1. The van der Waals surface area contributed by atoms with Gasteiger partial charge in [0.15, 0.2) is 5.82 Å². The number of aromatic nitrogens is 3. The third kappa shape index (κ3) is 2.85. The van der Waals surface area contributed by atoms with Gasteiger partial charge in [-0.1, -0.05) is 0 Å². The molecule has 7 heteroatoms. The summed E-state index contributed by atoms with van der Waals surface area (Å²) in [7, 11) is 1.67. The molecule has 0 spiro atoms. The minimum atomic E-state index is -0.414. The molecule has 1 N–H and O–H groups in total. The highest BCUT2D eigenvalue weighted by Gasteiger charge is 2.73. The molecule has 2 aromatic rings. The lowest BCUT2D eigenvalue weighted by atomic mass is 9.56. The van der Waals surface area contributed by atoms with Crippen LogP contribution in [-0.4, -0.2) is 56.3 Å². The van der Waals surface area contributed by atoms with E-state index in [0.717, 1.165) is 60.2 Å². The van der Waals surface area contributed by atoms with Gasteiger partial charge < -0.3 is 14.6 Å². The lowest BCUT2D eigenvalue weighted by Crippen LogP contribution is -2.54. The van der Waals surface area contributed by atoms with E-state index in [4.69, 9.17) is 19.6 Å². The van der Waals surface area contributed by atoms with Crippen molar-refractivity contribution in [2.75, 3.05) is 25.2 Å². The Morgan fingerprint density at radius 2 is 1.90 bits per heavy atom. The molecule has 4 aliphatic rings. The van der Waals surface area contributed by atoms with Crippen molar-refractivity contribution >= 4 is 11.8 Å². The third-order valence-electron chi connectivity index (χ3n) is 7.10. The van der Waals surface area contributed by atoms with Crippen LogP contribution in [0.3, 0.4) is 0 Å². The minimum Gasteiger partial charge on any atom is -0.497 e. The van der Waals surface area contributed by atoms with Gasteiger partial charge in [-0.05, 0) is 75.3 Å². The van der Waals surface area contributed by atoms with E-state index in [1.54, 1.807) is 7.11 Å². The molecule has 6 nitrogen and oxygen atoms in total. The number of thioether (sulfide) groups is 1. The highest BCUT2D eigenvalue weighted by molar-refractivity contribution is 7.99. The molecule has 4 heterocycles. The van der Waals surface area contributed by atoms with E-state index in [0.29, 0.717) is 6.04 Å². The second kappa shape index (κ2) is 6.72. The van der Waals surface area contributed by atoms with Gasteiger partial charge in [-0.15, -0.1) is 0 Å². The maximum atomic E-state index is 9.92. The van der Waals surface area contributed by atoms with E-state index in [9.17, 15) is 5.11 Å². The zero-order chi connectivity index (χ0) is 20.3. The molecule has 6 rings (SSSR count). The van der Waals surface area contributed by atoms with Gasteiger partial charge in [-0.2, -0.15) is 16.9 Å². The number of fused-ring (bicyclic) bond motifs is 1. The molecular formula is C22H29N3O3S. The Morgan fingerprint density at radius 1 is 1.21 bits per heavy atom. The van der Waals surface area contributed by atoms with Crippen LogP contribution in [0.5, 0.6) is 5.75 Å². The van der Waals surface area contributed by atoms with Crippen LogP contribution >= 0.6 is 11.8 Å². The number of aliphatic hydroxyl groups is 1. The van der Waals surface area contributed by atoms with Gasteiger partial charge >= 0.3 is 0 Å². The molecule has 0 unspecified atom stereocenters. The van der Waals surface area contributed by atoms with Crippen LogP contribution in [0.2, 0.25) is 0 Å². The summed E-state index contributed by atoms with van der Waals surface area (Å²) in [5, 5.41) is 15.0. The van der Waals surface area contributed by atoms with E-state index in [-0.39, 0.29) is 17.6 Å². The molecule has 4 fully saturated rings. The molecule has 3 aliphatic heterocycles. The zero-order valence-electron chi connectivity index (χ0n) is 17.4. The minimum absolute atomic E-state index is 0.0672. The van der Waals surface area contributed by atoms with Crippen molar-refractivity contribution in [3.8, 4) is 17.1 Å². The van der Waals surface area contributed by atoms with E-state index < -0.39 is 5.60 Å². The predicted molar refractivity (Wildman–Crippen MR) is 113 cm³/mol. The summed E-state index contributed by atoms with van der Waals surface area (Å²) in [6.07, 6.45) is 3.86. The SMILES string of the molecule is COc1ccc(-c2nc(C34CC(CO)(C3)OC4(C)C)n(C3CCSCC3)n2)cc1. The third-order valence-corrected chi connectivity index (χ3v) is 8.15. The molecule has 1 aromatic carbocycles. The highest BCUT2D eigenvalue weighted by atomic mass is 32.2. The molecule has 29 heavy (non-hydrogen) atoms. The van der Waals surface area contributed by atoms with Gasteiger partial charge in [-0.25, -0.2) is 9.67 Å². The molecular weight excluding hydrogens is 386 g/mol. The quantitative estimate of drug-likeness (QED) is 0.805. The van der Waals surface area contributed by atoms with Crippen molar-refractivity contribution in [3.63, 3.8) is 0 Å². The lowest BCUT2D eigenvalue weighted by Gasteiger charge is -2.45. The van der Waals surface area contributed by atoms with E-state index in [1.807, 2.05) is 36.0 Å². The first kappa shape index (κ1) is 19.4. The average molecular weight is 416 g/mol. The van der Waals surface area contributed by atoms with Crippen LogP contribution in [0.15, 0.2) is 24.3 Å². The van der Waals surface area contributed by atoms with Crippen molar-refractivity contribution in [2.24, 2.45) is 0 Å². The molecule has 1 aliphatic carbocycles. The fraction of sp³-hybridized carbons (Fsp3) is 0.636. The smallest absolute Gasteiger partial charge is 0.181 e. The van der Waals surface area contributed by atoms with Crippen molar-refractivity contribution in [1.82, 2.24) is 14.8 Å². The maximum Gasteiger partial charge on any atom is 0.181 e. The Balaban J connectivity index is 1.59. The number of nitrogens with zero attached hydrogens (tertiary/aromatic N) is 3. The van der Waals surface area contributed by atoms with Gasteiger partial charge in [0.25, 0.3) is 0 Å². The highest BCUT2D eigenvalue weighted by Crippen LogP contribution is 2.66. The summed E-state index contributed by atoms with van der Waals surface area (Å²) in [4.78, 5) is 5.11. The van der Waals surface area contributed by atoms with Crippen molar-refractivity contribution in [3.05, 3.63) is 30.1 Å². The lowest BCUT2D eigenvalue weighted by molar-refractivity contribution is -0.0851. The van der Waals surface area contributed by atoms with Gasteiger partial charge in [0.2, 0.25) is 0 Å². The summed E-state index contributed by atoms with van der Waals surface area (Å²) in [6, 6.07) is 8.32. The topological polar surface area (TPSA) is 69.4 Å². The van der Waals surface area contributed by atoms with E-state index in [1.165, 1.54) is 0 Å². The molecule has 156 valence electrons. The second-order valence-corrected chi connectivity index (χ2v) is 10.4. The standard InChI is InChI=1S/C22H29N3O3S/c1-20(2)22(12-21(13-22,14-26)28-20)19-23-18(15-4-6-17(27-3)7-5-15)24-25(19)16-8-10-29-11-9-16/h4-7,16,26H,8-14H2,1-3H3. The van der Waals surface area contributed by atoms with Crippen LogP contribution in [0.25, 0.3) is 11.4 Å². The fourth-order valence-corrected chi connectivity index (χ4v) is 6.53. The molecule has 2 bridgehead atoms. The number of hydrogen-bond donors (Lipinski definition) is 1. The second-order valence-electron chi connectivity index (χ2n) is 9.16. The molecule has 0 amide bonds. The van der Waals surface area contributed by atoms with E-state index in [2.05, 4.69) is 18.5 Å². The first-order chi connectivity index (χ1) is 13.9. The first-order valence-electron chi connectivity index (χ1n) is 10.4. The van der Waals surface area contributed by atoms with E-state index >= 15 is 0 Å². The van der Waals surface area contributed by atoms with Crippen LogP contribution in [0.4, 0.5) is 0 Å². The number of ether oxygens (including phenoxy) is 2. The Labute approximate surface area is 176 Å². The maximum absolute atomic E-state index is 9.92. The van der Waals surface area contributed by atoms with Crippen molar-refractivity contribution in [2.45, 2.75) is 62.2 Å². The molecule has 0 atom stereocenters. The van der Waals surface area contributed by atoms with Gasteiger partial charge in [0.1, 0.15) is 11.6 Å². The Hall–Kier alpha value is -1.57. The Morgan fingerprint density at radius 3 is 2.48 bits per heavy atom. The molecule has 0 radical (unpaired) electrons. The Bertz CT molecular complexity index is 897. The van der Waals surface area contributed by atoms with Gasteiger partial charge in [0.05, 0.1) is 36.4 Å². The van der Waals surface area contributed by atoms with Crippen LogP contribution in [0.1, 0.15) is 51.4 Å². The largest absolute Gasteiger partial charge is 0.497 e. The van der Waals surface area contributed by atoms with Gasteiger partial charge in [-0.3, -0.25) is 0 Å². The first-order valence-corrected chi connectivity index (χ1v) is 11.6.